The summed E-state index contributed by atoms with van der Waals surface area (Å²) in [7, 11) is 3.54. The maximum absolute atomic E-state index is 5.49. The molecule has 1 unspecified atom stereocenters. The van der Waals surface area contributed by atoms with Gasteiger partial charge in [-0.15, -0.1) is 0 Å². The summed E-state index contributed by atoms with van der Waals surface area (Å²) in [6, 6.07) is 0. The first kappa shape index (κ1) is 16.9. The Hall–Kier alpha value is -0.950. The molecule has 3 heterocycles. The molecule has 0 spiro atoms. The summed E-state index contributed by atoms with van der Waals surface area (Å²) < 4.78 is 18.4. The van der Waals surface area contributed by atoms with E-state index in [1.54, 1.807) is 14.2 Å². The van der Waals surface area contributed by atoms with Crippen molar-refractivity contribution in [3.63, 3.8) is 0 Å². The van der Waals surface area contributed by atoms with Gasteiger partial charge in [-0.3, -0.25) is 9.58 Å². The van der Waals surface area contributed by atoms with Crippen molar-refractivity contribution in [2.24, 2.45) is 5.92 Å². The second-order valence-corrected chi connectivity index (χ2v) is 6.67. The van der Waals surface area contributed by atoms with Gasteiger partial charge in [0.25, 0.3) is 0 Å². The second kappa shape index (κ2) is 8.24. The zero-order valence-corrected chi connectivity index (χ0v) is 14.4. The van der Waals surface area contributed by atoms with E-state index in [0.29, 0.717) is 11.8 Å². The van der Waals surface area contributed by atoms with Crippen LogP contribution in [0.1, 0.15) is 30.0 Å². The highest BCUT2D eigenvalue weighted by Gasteiger charge is 2.30. The first-order valence-corrected chi connectivity index (χ1v) is 8.64. The molecule has 0 radical (unpaired) electrons. The van der Waals surface area contributed by atoms with Crippen LogP contribution in [-0.2, 0) is 27.3 Å². The fourth-order valence-electron chi connectivity index (χ4n) is 3.77. The standard InChI is InChI=1S/C17H29N3O3/c1-21-8-5-19-11-15-9-18-20(10-14-3-6-23-7-4-14)17(15)16(12-19)13-22-2/h9,14,16H,3-8,10-13H2,1-2H3. The lowest BCUT2D eigenvalue weighted by Gasteiger charge is -2.33. The minimum atomic E-state index is 0.392. The summed E-state index contributed by atoms with van der Waals surface area (Å²) in [6.45, 7) is 7.25. The molecule has 1 aromatic rings. The summed E-state index contributed by atoms with van der Waals surface area (Å²) in [5, 5.41) is 4.70. The average molecular weight is 323 g/mol. The van der Waals surface area contributed by atoms with Gasteiger partial charge in [0.05, 0.1) is 19.4 Å². The molecular weight excluding hydrogens is 294 g/mol. The molecule has 3 rings (SSSR count). The Kier molecular flexibility index (Phi) is 6.05. The van der Waals surface area contributed by atoms with Gasteiger partial charge >= 0.3 is 0 Å². The van der Waals surface area contributed by atoms with Crippen molar-refractivity contribution in [1.29, 1.82) is 0 Å². The highest BCUT2D eigenvalue weighted by Crippen LogP contribution is 2.30. The second-order valence-electron chi connectivity index (χ2n) is 6.67. The van der Waals surface area contributed by atoms with Gasteiger partial charge in [0.2, 0.25) is 0 Å². The van der Waals surface area contributed by atoms with E-state index in [9.17, 15) is 0 Å². The van der Waals surface area contributed by atoms with Crippen LogP contribution in [0.25, 0.3) is 0 Å². The minimum absolute atomic E-state index is 0.392. The van der Waals surface area contributed by atoms with Gasteiger partial charge in [-0.05, 0) is 18.8 Å². The summed E-state index contributed by atoms with van der Waals surface area (Å²) in [4.78, 5) is 2.44. The Morgan fingerprint density at radius 3 is 2.83 bits per heavy atom. The molecule has 0 saturated carbocycles. The first-order valence-electron chi connectivity index (χ1n) is 8.64. The lowest BCUT2D eigenvalue weighted by Crippen LogP contribution is -2.38. The maximum Gasteiger partial charge on any atom is 0.0589 e. The lowest BCUT2D eigenvalue weighted by atomic mass is 9.95. The topological polar surface area (TPSA) is 48.8 Å². The molecule has 1 aromatic heterocycles. The highest BCUT2D eigenvalue weighted by molar-refractivity contribution is 5.25. The third-order valence-electron chi connectivity index (χ3n) is 4.97. The number of fused-ring (bicyclic) bond motifs is 1. The summed E-state index contributed by atoms with van der Waals surface area (Å²) in [5.74, 6) is 1.07. The number of rotatable bonds is 7. The first-order chi connectivity index (χ1) is 11.3. The molecule has 0 aliphatic carbocycles. The van der Waals surface area contributed by atoms with Crippen LogP contribution in [0.4, 0.5) is 0 Å². The van der Waals surface area contributed by atoms with Crippen LogP contribution >= 0.6 is 0 Å². The van der Waals surface area contributed by atoms with Crippen molar-refractivity contribution in [3.8, 4) is 0 Å². The highest BCUT2D eigenvalue weighted by atomic mass is 16.5. The Morgan fingerprint density at radius 1 is 1.26 bits per heavy atom. The average Bonchev–Trinajstić information content (AvgIpc) is 2.97. The van der Waals surface area contributed by atoms with Gasteiger partial charge in [-0.25, -0.2) is 0 Å². The molecule has 130 valence electrons. The van der Waals surface area contributed by atoms with E-state index < -0.39 is 0 Å². The van der Waals surface area contributed by atoms with Gasteiger partial charge in [-0.1, -0.05) is 0 Å². The van der Waals surface area contributed by atoms with Crippen molar-refractivity contribution in [1.82, 2.24) is 14.7 Å². The summed E-state index contributed by atoms with van der Waals surface area (Å²) in [6.07, 6.45) is 4.34. The fraction of sp³-hybridized carbons (Fsp3) is 0.824. The molecule has 6 heteroatoms. The van der Waals surface area contributed by atoms with Crippen LogP contribution in [-0.4, -0.2) is 68.4 Å². The molecule has 2 aliphatic rings. The Bertz CT molecular complexity index is 485. The smallest absolute Gasteiger partial charge is 0.0589 e. The third-order valence-corrected chi connectivity index (χ3v) is 4.97. The minimum Gasteiger partial charge on any atom is -0.384 e. The van der Waals surface area contributed by atoms with Crippen LogP contribution in [0.3, 0.4) is 0 Å². The van der Waals surface area contributed by atoms with Crippen LogP contribution in [0.2, 0.25) is 0 Å². The van der Waals surface area contributed by atoms with Crippen molar-refractivity contribution < 1.29 is 14.2 Å². The van der Waals surface area contributed by atoms with Crippen LogP contribution in [0.15, 0.2) is 6.20 Å². The molecule has 1 saturated heterocycles. The van der Waals surface area contributed by atoms with Gasteiger partial charge in [-0.2, -0.15) is 5.10 Å². The molecule has 1 atom stereocenters. The molecule has 6 nitrogen and oxygen atoms in total. The number of nitrogens with zero attached hydrogens (tertiary/aromatic N) is 3. The van der Waals surface area contributed by atoms with Crippen LogP contribution < -0.4 is 0 Å². The van der Waals surface area contributed by atoms with Gasteiger partial charge < -0.3 is 14.2 Å². The predicted molar refractivity (Wildman–Crippen MR) is 87.5 cm³/mol. The number of hydrogen-bond donors (Lipinski definition) is 0. The molecule has 1 fully saturated rings. The number of methoxy groups -OCH3 is 2. The van der Waals surface area contributed by atoms with Crippen molar-refractivity contribution >= 4 is 0 Å². The summed E-state index contributed by atoms with van der Waals surface area (Å²) in [5.41, 5.74) is 2.73. The molecule has 2 aliphatic heterocycles. The largest absolute Gasteiger partial charge is 0.384 e. The van der Waals surface area contributed by atoms with Crippen molar-refractivity contribution in [3.05, 3.63) is 17.5 Å². The van der Waals surface area contributed by atoms with E-state index >= 15 is 0 Å². The molecule has 0 amide bonds. The summed E-state index contributed by atoms with van der Waals surface area (Å²) >= 11 is 0. The van der Waals surface area contributed by atoms with Crippen LogP contribution in [0, 0.1) is 5.92 Å². The van der Waals surface area contributed by atoms with Crippen molar-refractivity contribution in [2.45, 2.75) is 31.8 Å². The molecule has 23 heavy (non-hydrogen) atoms. The van der Waals surface area contributed by atoms with Gasteiger partial charge in [0.1, 0.15) is 0 Å². The monoisotopic (exact) mass is 323 g/mol. The zero-order valence-electron chi connectivity index (χ0n) is 14.4. The van der Waals surface area contributed by atoms with Gasteiger partial charge in [0, 0.05) is 70.8 Å². The van der Waals surface area contributed by atoms with E-state index in [1.807, 2.05) is 0 Å². The van der Waals surface area contributed by atoms with E-state index in [-0.39, 0.29) is 0 Å². The molecule has 0 N–H and O–H groups in total. The van der Waals surface area contributed by atoms with E-state index in [0.717, 1.165) is 65.4 Å². The number of ether oxygens (including phenoxy) is 3. The maximum atomic E-state index is 5.49. The number of hydrogen-bond acceptors (Lipinski definition) is 5. The Morgan fingerprint density at radius 2 is 2.09 bits per heavy atom. The van der Waals surface area contributed by atoms with Crippen molar-refractivity contribution in [2.75, 3.05) is 53.7 Å². The fourth-order valence-corrected chi connectivity index (χ4v) is 3.77. The molecule has 0 aromatic carbocycles. The third kappa shape index (κ3) is 4.12. The quantitative estimate of drug-likeness (QED) is 0.761. The Labute approximate surface area is 138 Å². The zero-order chi connectivity index (χ0) is 16.1. The van der Waals surface area contributed by atoms with E-state index in [1.165, 1.54) is 11.3 Å². The molecular formula is C17H29N3O3. The van der Waals surface area contributed by atoms with E-state index in [4.69, 9.17) is 19.3 Å². The van der Waals surface area contributed by atoms with E-state index in [2.05, 4.69) is 15.8 Å². The SMILES string of the molecule is COCCN1Cc2cnn(CC3CCOCC3)c2C(COC)C1. The number of aromatic nitrogens is 2. The normalized spacial score (nSPS) is 23.1. The molecule has 0 bridgehead atoms. The lowest BCUT2D eigenvalue weighted by molar-refractivity contribution is 0.0588. The predicted octanol–water partition coefficient (Wildman–Crippen LogP) is 1.50. The van der Waals surface area contributed by atoms with Gasteiger partial charge in [0.15, 0.2) is 0 Å². The Balaban J connectivity index is 1.73. The van der Waals surface area contributed by atoms with Crippen LogP contribution in [0.5, 0.6) is 0 Å².